The molecule has 0 aliphatic rings. The van der Waals surface area contributed by atoms with Crippen LogP contribution in [0.1, 0.15) is 10.5 Å². The third kappa shape index (κ3) is 3.19. The van der Waals surface area contributed by atoms with Crippen LogP contribution in [0, 0.1) is 23.7 Å². The molecule has 0 unspecified atom stereocenters. The van der Waals surface area contributed by atoms with E-state index in [1.165, 1.54) is 0 Å². The molecule has 1 amide bonds. The van der Waals surface area contributed by atoms with Crippen LogP contribution in [0.5, 0.6) is 0 Å². The number of hydrogen-bond acceptors (Lipinski definition) is 4. The van der Waals surface area contributed by atoms with Crippen molar-refractivity contribution >= 4 is 11.6 Å². The zero-order valence-corrected chi connectivity index (χ0v) is 9.61. The van der Waals surface area contributed by atoms with Crippen LogP contribution in [0.4, 0.5) is 5.69 Å². The molecule has 0 atom stereocenters. The van der Waals surface area contributed by atoms with Crippen LogP contribution in [-0.4, -0.2) is 21.0 Å². The Morgan fingerprint density at radius 2 is 2.23 bits per heavy atom. The standard InChI is InChI=1S/C4H3N4O3.CH3.Y/c5-4(9)3-2(8(10)11)1-6-7-3;;/h(H2,5,9)(H,6,7);1H3;/q2*-1;. The normalized spacial score (nSPS) is 8.00. The quantitative estimate of drug-likeness (QED) is 0.429. The molecule has 0 saturated heterocycles. The first kappa shape index (κ1) is 14.7. The van der Waals surface area contributed by atoms with Crippen LogP contribution < -0.4 is 5.73 Å². The number of hydrogen-bond donors (Lipinski definition) is 2. The monoisotopic (exact) mass is 259 g/mol. The third-order valence-corrected chi connectivity index (χ3v) is 0.995. The van der Waals surface area contributed by atoms with Crippen molar-refractivity contribution in [3.63, 3.8) is 0 Å². The Labute approximate surface area is 99.1 Å². The first-order valence-corrected chi connectivity index (χ1v) is 2.53. The van der Waals surface area contributed by atoms with E-state index >= 15 is 0 Å². The molecule has 1 radical (unpaired) electrons. The molecule has 0 aliphatic heterocycles. The van der Waals surface area contributed by atoms with E-state index in [1.54, 1.807) is 0 Å². The molecule has 1 aromatic rings. The summed E-state index contributed by atoms with van der Waals surface area (Å²) in [5.41, 5.74) is 3.89. The average molecular weight is 259 g/mol. The molecule has 69 valence electrons. The van der Waals surface area contributed by atoms with Gasteiger partial charge in [0.15, 0.2) is 11.6 Å². The van der Waals surface area contributed by atoms with E-state index in [0.29, 0.717) is 0 Å². The molecule has 8 heteroatoms. The van der Waals surface area contributed by atoms with Gasteiger partial charge in [-0.3, -0.25) is 14.9 Å². The maximum atomic E-state index is 10.4. The van der Waals surface area contributed by atoms with Crippen LogP contribution in [0.25, 0.3) is 0 Å². The van der Waals surface area contributed by atoms with Gasteiger partial charge in [-0.2, -0.15) is 0 Å². The zero-order chi connectivity index (χ0) is 8.43. The number of carbonyl (C=O) groups is 1. The summed E-state index contributed by atoms with van der Waals surface area (Å²) in [7, 11) is 0. The summed E-state index contributed by atoms with van der Waals surface area (Å²) >= 11 is 0. The number of amides is 1. The van der Waals surface area contributed by atoms with Gasteiger partial charge < -0.3 is 23.4 Å². The fraction of sp³-hybridized carbons (Fsp3) is 0. The summed E-state index contributed by atoms with van der Waals surface area (Å²) in [6.45, 7) is 0. The van der Waals surface area contributed by atoms with Crippen molar-refractivity contribution in [1.29, 1.82) is 0 Å². The summed E-state index contributed by atoms with van der Waals surface area (Å²) in [4.78, 5) is 19.7. The molecule has 0 spiro atoms. The van der Waals surface area contributed by atoms with Crippen LogP contribution in [0.15, 0.2) is 0 Å². The van der Waals surface area contributed by atoms with Gasteiger partial charge in [0, 0.05) is 43.3 Å². The number of rotatable bonds is 2. The predicted molar refractivity (Wildman–Crippen MR) is 39.0 cm³/mol. The van der Waals surface area contributed by atoms with Gasteiger partial charge in [-0.15, -0.1) is 0 Å². The van der Waals surface area contributed by atoms with E-state index in [-0.39, 0.29) is 45.8 Å². The molecule has 0 aliphatic carbocycles. The maximum absolute atomic E-state index is 10.4. The van der Waals surface area contributed by atoms with Crippen LogP contribution >= 0.6 is 0 Å². The number of nitrogens with two attached hydrogens (primary N) is 1. The van der Waals surface area contributed by atoms with Crippen LogP contribution in [0.3, 0.4) is 0 Å². The number of aromatic nitrogens is 2. The molecular weight excluding hydrogens is 253 g/mol. The molecule has 0 bridgehead atoms. The Morgan fingerprint density at radius 3 is 2.54 bits per heavy atom. The first-order valence-electron chi connectivity index (χ1n) is 2.53. The number of nitro groups is 1. The minimum atomic E-state index is -0.926. The van der Waals surface area contributed by atoms with E-state index in [9.17, 15) is 14.9 Å². The number of nitrogens with one attached hydrogen (secondary N) is 1. The van der Waals surface area contributed by atoms with E-state index in [0.717, 1.165) is 0 Å². The summed E-state index contributed by atoms with van der Waals surface area (Å²) < 4.78 is 0. The van der Waals surface area contributed by atoms with Crippen LogP contribution in [-0.2, 0) is 32.7 Å². The smallest absolute Gasteiger partial charge is 0.190 e. The van der Waals surface area contributed by atoms with Crippen molar-refractivity contribution in [3.05, 3.63) is 29.4 Å². The van der Waals surface area contributed by atoms with Gasteiger partial charge in [0.25, 0.3) is 0 Å². The second-order valence-electron chi connectivity index (χ2n) is 1.68. The van der Waals surface area contributed by atoms with E-state index in [4.69, 9.17) is 5.73 Å². The molecule has 3 N–H and O–H groups in total. The Bertz CT molecular complexity index is 282. The molecule has 1 aromatic heterocycles. The SMILES string of the molecule is NC(=O)c1[nH]n[c-]c1[N+](=O)[O-].[CH3-].[Y]. The van der Waals surface area contributed by atoms with Crippen LogP contribution in [0.2, 0.25) is 0 Å². The third-order valence-electron chi connectivity index (χ3n) is 0.995. The number of nitrogens with zero attached hydrogens (tertiary/aromatic N) is 2. The predicted octanol–water partition coefficient (Wildman–Crippen LogP) is -0.335. The first-order chi connectivity index (χ1) is 5.13. The minimum absolute atomic E-state index is 0. The number of H-pyrrole nitrogens is 1. The number of carbonyl (C=O) groups excluding carboxylic acids is 1. The van der Waals surface area contributed by atoms with Gasteiger partial charge in [-0.25, -0.2) is 0 Å². The summed E-state index contributed by atoms with van der Waals surface area (Å²) in [5, 5.41) is 15.3. The van der Waals surface area contributed by atoms with Crippen molar-refractivity contribution in [2.45, 2.75) is 0 Å². The van der Waals surface area contributed by atoms with E-state index in [2.05, 4.69) is 10.2 Å². The molecule has 0 fully saturated rings. The van der Waals surface area contributed by atoms with Gasteiger partial charge in [-0.1, -0.05) is 0 Å². The van der Waals surface area contributed by atoms with Crippen molar-refractivity contribution in [1.82, 2.24) is 10.2 Å². The van der Waals surface area contributed by atoms with Gasteiger partial charge in [0.05, 0.1) is 0 Å². The molecule has 13 heavy (non-hydrogen) atoms. The summed E-state index contributed by atoms with van der Waals surface area (Å²) in [6, 6.07) is 0. The Balaban J connectivity index is 0. The molecule has 0 aromatic carbocycles. The zero-order valence-electron chi connectivity index (χ0n) is 6.77. The molecule has 0 saturated carbocycles. The molecule has 7 nitrogen and oxygen atoms in total. The minimum Gasteiger partial charge on any atom is -0.379 e. The second kappa shape index (κ2) is 5.77. The van der Waals surface area contributed by atoms with Crippen molar-refractivity contribution in [3.8, 4) is 0 Å². The fourth-order valence-electron chi connectivity index (χ4n) is 0.550. The van der Waals surface area contributed by atoms with E-state index in [1.807, 2.05) is 6.20 Å². The topological polar surface area (TPSA) is 115 Å². The summed E-state index contributed by atoms with van der Waals surface area (Å²) in [6.07, 6.45) is 1.98. The van der Waals surface area contributed by atoms with Gasteiger partial charge in [-0.05, 0) is 6.20 Å². The summed E-state index contributed by atoms with van der Waals surface area (Å²) in [5.74, 6) is -0.926. The van der Waals surface area contributed by atoms with Crippen molar-refractivity contribution in [2.75, 3.05) is 0 Å². The maximum Gasteiger partial charge on any atom is 0.190 e. The molecular formula is C5H6N4O3Y-2. The van der Waals surface area contributed by atoms with Crippen molar-refractivity contribution < 1.29 is 42.4 Å². The average Bonchev–Trinajstić information content (AvgIpc) is 2.32. The number of primary amides is 1. The fourth-order valence-corrected chi connectivity index (χ4v) is 0.550. The Hall–Kier alpha value is -0.816. The number of aromatic amines is 1. The molecule has 1 rings (SSSR count). The van der Waals surface area contributed by atoms with E-state index < -0.39 is 16.5 Å². The largest absolute Gasteiger partial charge is 0.379 e. The Morgan fingerprint density at radius 1 is 1.69 bits per heavy atom. The van der Waals surface area contributed by atoms with Gasteiger partial charge in [0.2, 0.25) is 0 Å². The van der Waals surface area contributed by atoms with Gasteiger partial charge >= 0.3 is 0 Å². The Kier molecular flexibility index (Phi) is 6.52. The second-order valence-corrected chi connectivity index (χ2v) is 1.68. The van der Waals surface area contributed by atoms with Gasteiger partial charge in [0.1, 0.15) is 0 Å². The van der Waals surface area contributed by atoms with Crippen molar-refractivity contribution in [2.24, 2.45) is 5.73 Å². The molecule has 1 heterocycles.